The van der Waals surface area contributed by atoms with Gasteiger partial charge in [0.1, 0.15) is 0 Å². The minimum Gasteiger partial charge on any atom is -0.414 e. The molecule has 0 aromatic carbocycles. The fourth-order valence-corrected chi connectivity index (χ4v) is 3.74. The monoisotopic (exact) mass is 269 g/mol. The van der Waals surface area contributed by atoms with Gasteiger partial charge in [-0.25, -0.2) is 0 Å². The highest BCUT2D eigenvalue weighted by Crippen LogP contribution is 2.39. The van der Waals surface area contributed by atoms with Crippen molar-refractivity contribution >= 4 is 8.32 Å². The van der Waals surface area contributed by atoms with Crippen LogP contribution in [0.1, 0.15) is 33.6 Å². The highest BCUT2D eigenvalue weighted by molar-refractivity contribution is 6.74. The molecule has 0 unspecified atom stereocenters. The Bertz CT molecular complexity index is 335. The van der Waals surface area contributed by atoms with Gasteiger partial charge in [-0.3, -0.25) is 4.84 Å². The summed E-state index contributed by atoms with van der Waals surface area (Å²) in [7, 11) is 0.354. The molecule has 4 heteroatoms. The average molecular weight is 269 g/mol. The Morgan fingerprint density at radius 1 is 1.22 bits per heavy atom. The lowest BCUT2D eigenvalue weighted by Gasteiger charge is -2.39. The van der Waals surface area contributed by atoms with Crippen LogP contribution in [0.15, 0.2) is 12.2 Å². The normalized spacial score (nSPS) is 33.8. The van der Waals surface area contributed by atoms with E-state index in [1.807, 2.05) is 12.1 Å². The van der Waals surface area contributed by atoms with Crippen LogP contribution in [0, 0.1) is 0 Å². The summed E-state index contributed by atoms with van der Waals surface area (Å²) in [5, 5.41) is 2.26. The Labute approximate surface area is 112 Å². The third-order valence-electron chi connectivity index (χ3n) is 4.58. The summed E-state index contributed by atoms with van der Waals surface area (Å²) >= 11 is 0. The van der Waals surface area contributed by atoms with Gasteiger partial charge in [-0.2, -0.15) is 5.06 Å². The van der Waals surface area contributed by atoms with Crippen LogP contribution < -0.4 is 0 Å². The molecule has 0 spiro atoms. The molecule has 0 N–H and O–H groups in total. The van der Waals surface area contributed by atoms with Crippen molar-refractivity contribution in [2.75, 3.05) is 7.05 Å². The molecule has 0 amide bonds. The predicted octanol–water partition coefficient (Wildman–Crippen LogP) is 3.34. The number of fused-ring (bicyclic) bond motifs is 3. The van der Waals surface area contributed by atoms with Crippen molar-refractivity contribution in [1.29, 1.82) is 0 Å². The van der Waals surface area contributed by atoms with E-state index in [-0.39, 0.29) is 11.1 Å². The van der Waals surface area contributed by atoms with Crippen LogP contribution in [0.25, 0.3) is 0 Å². The molecule has 0 aromatic rings. The smallest absolute Gasteiger partial charge is 0.192 e. The van der Waals surface area contributed by atoms with Crippen LogP contribution in [0.5, 0.6) is 0 Å². The summed E-state index contributed by atoms with van der Waals surface area (Å²) in [5.41, 5.74) is 0. The summed E-state index contributed by atoms with van der Waals surface area (Å²) in [6, 6.07) is 0.374. The minimum atomic E-state index is -1.67. The third-order valence-corrected chi connectivity index (χ3v) is 9.12. The fraction of sp³-hybridized carbons (Fsp3) is 0.857. The number of likely N-dealkylation sites (N-methyl/N-ethyl adjacent to an activating group) is 1. The molecular formula is C14H27NO2Si. The lowest BCUT2D eigenvalue weighted by atomic mass is 10.1. The first-order valence-electron chi connectivity index (χ1n) is 6.95. The van der Waals surface area contributed by atoms with E-state index in [2.05, 4.69) is 46.0 Å². The van der Waals surface area contributed by atoms with Crippen molar-refractivity contribution in [3.05, 3.63) is 12.2 Å². The van der Waals surface area contributed by atoms with Crippen LogP contribution in [-0.4, -0.2) is 38.7 Å². The van der Waals surface area contributed by atoms with Crippen molar-refractivity contribution in [3.8, 4) is 0 Å². The number of hydrogen-bond acceptors (Lipinski definition) is 3. The first kappa shape index (κ1) is 14.3. The van der Waals surface area contributed by atoms with E-state index in [4.69, 9.17) is 9.26 Å². The highest BCUT2D eigenvalue weighted by Gasteiger charge is 2.41. The summed E-state index contributed by atoms with van der Waals surface area (Å²) in [5.74, 6) is 0. The zero-order valence-corrected chi connectivity index (χ0v) is 13.6. The van der Waals surface area contributed by atoms with Gasteiger partial charge in [0.15, 0.2) is 8.32 Å². The number of hydroxylamine groups is 2. The van der Waals surface area contributed by atoms with E-state index in [9.17, 15) is 0 Å². The summed E-state index contributed by atoms with van der Waals surface area (Å²) in [4.78, 5) is 5.82. The maximum Gasteiger partial charge on any atom is 0.192 e. The topological polar surface area (TPSA) is 21.7 Å². The molecule has 2 heterocycles. The molecule has 3 nitrogen and oxygen atoms in total. The zero-order chi connectivity index (χ0) is 13.6. The fourth-order valence-electron chi connectivity index (χ4n) is 2.36. The zero-order valence-electron chi connectivity index (χ0n) is 12.6. The second kappa shape index (κ2) is 4.74. The standard InChI is InChI=1S/C14H27NO2Si/c1-14(2,3)18(5,6)17-13-9-11-7-8-12(10-13)16-15(11)4/h7-8,11-13H,9-10H2,1-6H3/t11-,12+,13+/m0/s1. The molecule has 3 rings (SSSR count). The molecule has 1 aliphatic carbocycles. The van der Waals surface area contributed by atoms with Crippen molar-refractivity contribution < 1.29 is 9.26 Å². The van der Waals surface area contributed by atoms with Crippen LogP contribution in [0.2, 0.25) is 18.1 Å². The van der Waals surface area contributed by atoms with E-state index in [1.165, 1.54) is 0 Å². The van der Waals surface area contributed by atoms with Crippen molar-refractivity contribution in [1.82, 2.24) is 5.06 Å². The largest absolute Gasteiger partial charge is 0.414 e. The highest BCUT2D eigenvalue weighted by atomic mass is 28.4. The van der Waals surface area contributed by atoms with Gasteiger partial charge >= 0.3 is 0 Å². The maximum absolute atomic E-state index is 6.54. The first-order chi connectivity index (χ1) is 8.19. The van der Waals surface area contributed by atoms with Crippen molar-refractivity contribution in [2.24, 2.45) is 0 Å². The Morgan fingerprint density at radius 3 is 2.44 bits per heavy atom. The molecule has 2 bridgehead atoms. The lowest BCUT2D eigenvalue weighted by molar-refractivity contribution is -0.182. The van der Waals surface area contributed by atoms with Gasteiger partial charge < -0.3 is 4.43 Å². The molecule has 1 fully saturated rings. The average Bonchev–Trinajstić information content (AvgIpc) is 2.44. The molecule has 18 heavy (non-hydrogen) atoms. The summed E-state index contributed by atoms with van der Waals surface area (Å²) in [6.45, 7) is 11.6. The molecule has 3 aliphatic rings. The summed E-state index contributed by atoms with van der Waals surface area (Å²) in [6.07, 6.45) is 7.03. The second-order valence-corrected chi connectivity index (χ2v) is 11.9. The molecule has 0 saturated carbocycles. The number of nitrogens with zero attached hydrogens (tertiary/aromatic N) is 1. The van der Waals surface area contributed by atoms with Gasteiger partial charge in [-0.1, -0.05) is 32.9 Å². The van der Waals surface area contributed by atoms with Gasteiger partial charge in [0.25, 0.3) is 0 Å². The van der Waals surface area contributed by atoms with Gasteiger partial charge in [0, 0.05) is 19.6 Å². The molecule has 104 valence electrons. The van der Waals surface area contributed by atoms with Gasteiger partial charge in [-0.15, -0.1) is 0 Å². The Kier molecular flexibility index (Phi) is 3.76. The van der Waals surface area contributed by atoms with E-state index < -0.39 is 8.32 Å². The Balaban J connectivity index is 2.04. The van der Waals surface area contributed by atoms with Gasteiger partial charge in [0.2, 0.25) is 0 Å². The van der Waals surface area contributed by atoms with E-state index in [0.717, 1.165) is 12.8 Å². The Morgan fingerprint density at radius 2 is 1.89 bits per heavy atom. The van der Waals surface area contributed by atoms with E-state index >= 15 is 0 Å². The SMILES string of the molecule is CN1O[C@@H]2C=C[C@H]1C[C@@H](O[Si](C)(C)C(C)(C)C)C2. The number of rotatable bonds is 2. The van der Waals surface area contributed by atoms with Crippen LogP contribution >= 0.6 is 0 Å². The molecular weight excluding hydrogens is 242 g/mol. The summed E-state index contributed by atoms with van der Waals surface area (Å²) < 4.78 is 6.54. The van der Waals surface area contributed by atoms with Crippen LogP contribution in [0.4, 0.5) is 0 Å². The lowest BCUT2D eigenvalue weighted by Crippen LogP contribution is -2.44. The quantitative estimate of drug-likeness (QED) is 0.567. The van der Waals surface area contributed by atoms with Crippen molar-refractivity contribution in [2.45, 2.75) is 70.0 Å². The van der Waals surface area contributed by atoms with E-state index in [1.54, 1.807) is 0 Å². The predicted molar refractivity (Wildman–Crippen MR) is 76.9 cm³/mol. The van der Waals surface area contributed by atoms with Gasteiger partial charge in [0.05, 0.1) is 12.1 Å². The van der Waals surface area contributed by atoms with Crippen molar-refractivity contribution in [3.63, 3.8) is 0 Å². The third kappa shape index (κ3) is 2.87. The molecule has 2 aliphatic heterocycles. The Hall–Kier alpha value is -0.163. The van der Waals surface area contributed by atoms with Gasteiger partial charge in [-0.05, 0) is 24.6 Å². The van der Waals surface area contributed by atoms with E-state index in [0.29, 0.717) is 12.1 Å². The molecule has 0 aromatic heterocycles. The molecule has 3 atom stereocenters. The van der Waals surface area contributed by atoms with Crippen LogP contribution in [0.3, 0.4) is 0 Å². The second-order valence-electron chi connectivity index (χ2n) is 7.11. The number of hydrogen-bond donors (Lipinski definition) is 0. The first-order valence-corrected chi connectivity index (χ1v) is 9.85. The maximum atomic E-state index is 6.54. The molecule has 1 saturated heterocycles. The minimum absolute atomic E-state index is 0.198. The molecule has 0 radical (unpaired) electrons. The van der Waals surface area contributed by atoms with Crippen LogP contribution in [-0.2, 0) is 9.26 Å².